The van der Waals surface area contributed by atoms with Crippen molar-refractivity contribution in [3.05, 3.63) is 71.8 Å². The van der Waals surface area contributed by atoms with Gasteiger partial charge < -0.3 is 15.4 Å². The van der Waals surface area contributed by atoms with Gasteiger partial charge in [-0.1, -0.05) is 60.7 Å². The maximum atomic E-state index is 13.0. The summed E-state index contributed by atoms with van der Waals surface area (Å²) in [6.07, 6.45) is 2.89. The van der Waals surface area contributed by atoms with Gasteiger partial charge in [0.15, 0.2) is 0 Å². The minimum absolute atomic E-state index is 0.131. The average molecular weight is 479 g/mol. The van der Waals surface area contributed by atoms with Crippen LogP contribution in [0.15, 0.2) is 60.7 Å². The molecular formula is C28H38N4O3. The topological polar surface area (TPSA) is 103 Å². The molecule has 35 heavy (non-hydrogen) atoms. The largest absolute Gasteiger partial charge is 0.444 e. The monoisotopic (exact) mass is 478 g/mol. The van der Waals surface area contributed by atoms with Crippen molar-refractivity contribution >= 4 is 12.0 Å². The summed E-state index contributed by atoms with van der Waals surface area (Å²) in [6, 6.07) is 21.1. The second kappa shape index (κ2) is 14.8. The molecule has 7 heteroatoms. The van der Waals surface area contributed by atoms with Crippen molar-refractivity contribution in [1.29, 1.82) is 5.26 Å². The number of carbonyl (C=O) groups is 2. The van der Waals surface area contributed by atoms with Crippen molar-refractivity contribution in [2.45, 2.75) is 77.1 Å². The molecule has 0 unspecified atom stereocenters. The van der Waals surface area contributed by atoms with Gasteiger partial charge in [-0.25, -0.2) is 4.79 Å². The summed E-state index contributed by atoms with van der Waals surface area (Å²) in [5.74, 6) is -0.131. The Labute approximate surface area is 209 Å². The highest BCUT2D eigenvalue weighted by molar-refractivity contribution is 5.81. The summed E-state index contributed by atoms with van der Waals surface area (Å²) >= 11 is 0. The lowest BCUT2D eigenvalue weighted by Gasteiger charge is -2.22. The molecule has 0 radical (unpaired) electrons. The van der Waals surface area contributed by atoms with Gasteiger partial charge in [0.1, 0.15) is 5.60 Å². The zero-order valence-corrected chi connectivity index (χ0v) is 21.0. The molecule has 3 N–H and O–H groups in total. The number of nitriles is 1. The van der Waals surface area contributed by atoms with Crippen molar-refractivity contribution in [2.75, 3.05) is 6.54 Å². The van der Waals surface area contributed by atoms with Gasteiger partial charge in [-0.2, -0.15) is 5.26 Å². The van der Waals surface area contributed by atoms with Crippen molar-refractivity contribution in [3.8, 4) is 6.07 Å². The molecule has 0 bridgehead atoms. The van der Waals surface area contributed by atoms with Gasteiger partial charge in [-0.05, 0) is 64.0 Å². The number of nitrogens with one attached hydrogen (secondary N) is 3. The van der Waals surface area contributed by atoms with Crippen LogP contribution in [0.3, 0.4) is 0 Å². The van der Waals surface area contributed by atoms with Crippen LogP contribution in [0.4, 0.5) is 4.79 Å². The van der Waals surface area contributed by atoms with E-state index in [-0.39, 0.29) is 5.91 Å². The Morgan fingerprint density at radius 3 is 2.14 bits per heavy atom. The number of alkyl carbamates (subject to hydrolysis) is 1. The van der Waals surface area contributed by atoms with E-state index in [1.807, 2.05) is 81.4 Å². The third kappa shape index (κ3) is 12.1. The number of unbranched alkanes of at least 4 members (excludes halogenated alkanes) is 1. The summed E-state index contributed by atoms with van der Waals surface area (Å²) in [4.78, 5) is 24.8. The van der Waals surface area contributed by atoms with E-state index >= 15 is 0 Å². The molecular weight excluding hydrogens is 440 g/mol. The van der Waals surface area contributed by atoms with Crippen LogP contribution in [0.2, 0.25) is 0 Å². The lowest BCUT2D eigenvalue weighted by molar-refractivity contribution is -0.123. The van der Waals surface area contributed by atoms with E-state index in [4.69, 9.17) is 4.74 Å². The number of carbonyl (C=O) groups excluding carboxylic acids is 2. The number of amides is 2. The van der Waals surface area contributed by atoms with E-state index in [0.29, 0.717) is 38.8 Å². The van der Waals surface area contributed by atoms with Crippen molar-refractivity contribution in [3.63, 3.8) is 0 Å². The van der Waals surface area contributed by atoms with Crippen LogP contribution in [0.5, 0.6) is 0 Å². The van der Waals surface area contributed by atoms with E-state index in [2.05, 4.69) is 22.0 Å². The molecule has 2 rings (SSSR count). The highest BCUT2D eigenvalue weighted by atomic mass is 16.6. The fourth-order valence-corrected chi connectivity index (χ4v) is 3.56. The van der Waals surface area contributed by atoms with Gasteiger partial charge in [0.05, 0.1) is 18.2 Å². The molecule has 0 saturated carbocycles. The maximum Gasteiger partial charge on any atom is 0.407 e. The van der Waals surface area contributed by atoms with Crippen LogP contribution in [0.25, 0.3) is 0 Å². The molecule has 2 atom stereocenters. The Balaban J connectivity index is 1.88. The van der Waals surface area contributed by atoms with Crippen LogP contribution < -0.4 is 16.0 Å². The Hall–Kier alpha value is -3.37. The smallest absolute Gasteiger partial charge is 0.407 e. The molecule has 0 aromatic heterocycles. The molecule has 0 aliphatic carbocycles. The molecule has 2 amide bonds. The highest BCUT2D eigenvalue weighted by Gasteiger charge is 2.22. The summed E-state index contributed by atoms with van der Waals surface area (Å²) in [5, 5.41) is 18.7. The van der Waals surface area contributed by atoms with Crippen LogP contribution in [-0.2, 0) is 22.5 Å². The normalized spacial score (nSPS) is 12.7. The zero-order chi connectivity index (χ0) is 25.5. The minimum atomic E-state index is -0.540. The molecule has 188 valence electrons. The van der Waals surface area contributed by atoms with E-state index < -0.39 is 23.8 Å². The van der Waals surface area contributed by atoms with Gasteiger partial charge >= 0.3 is 6.09 Å². The molecule has 7 nitrogen and oxygen atoms in total. The van der Waals surface area contributed by atoms with Crippen LogP contribution in [0, 0.1) is 11.3 Å². The standard InChI is InChI=1S/C28H38N4O3/c1-28(2,3)35-27(34)30-19-11-10-16-25(26(33)31-21-23-14-8-5-9-15-23)32-24(20-29)18-17-22-12-6-4-7-13-22/h4-9,12-15,24-25,32H,10-11,16-19,21H2,1-3H3,(H,30,34)(H,31,33)/t24-,25-/m0/s1. The van der Waals surface area contributed by atoms with Crippen LogP contribution in [-0.4, -0.2) is 36.2 Å². The lowest BCUT2D eigenvalue weighted by atomic mass is 10.0. The Morgan fingerprint density at radius 2 is 1.54 bits per heavy atom. The van der Waals surface area contributed by atoms with Crippen LogP contribution in [0.1, 0.15) is 57.6 Å². The van der Waals surface area contributed by atoms with Crippen molar-refractivity contribution < 1.29 is 14.3 Å². The Morgan fingerprint density at radius 1 is 0.914 bits per heavy atom. The number of ether oxygens (including phenoxy) is 1. The summed E-state index contributed by atoms with van der Waals surface area (Å²) < 4.78 is 5.25. The highest BCUT2D eigenvalue weighted by Crippen LogP contribution is 2.10. The third-order valence-corrected chi connectivity index (χ3v) is 5.34. The van der Waals surface area contributed by atoms with Gasteiger partial charge in [0, 0.05) is 13.1 Å². The quantitative estimate of drug-likeness (QED) is 0.368. The number of nitrogens with zero attached hydrogens (tertiary/aromatic N) is 1. The Bertz CT molecular complexity index is 936. The van der Waals surface area contributed by atoms with Gasteiger partial charge in [-0.3, -0.25) is 10.1 Å². The van der Waals surface area contributed by atoms with Crippen molar-refractivity contribution in [2.24, 2.45) is 0 Å². The number of rotatable bonds is 13. The van der Waals surface area contributed by atoms with E-state index in [0.717, 1.165) is 17.5 Å². The van der Waals surface area contributed by atoms with Gasteiger partial charge in [-0.15, -0.1) is 0 Å². The number of hydrogen-bond donors (Lipinski definition) is 3. The first-order chi connectivity index (χ1) is 16.8. The Kier molecular flexibility index (Phi) is 11.8. The molecule has 0 saturated heterocycles. The fraction of sp³-hybridized carbons (Fsp3) is 0.464. The lowest BCUT2D eigenvalue weighted by Crippen LogP contribution is -2.48. The summed E-state index contributed by atoms with van der Waals surface area (Å²) in [5.41, 5.74) is 1.64. The minimum Gasteiger partial charge on any atom is -0.444 e. The molecule has 0 heterocycles. The molecule has 0 aliphatic heterocycles. The van der Waals surface area contributed by atoms with Gasteiger partial charge in [0.25, 0.3) is 0 Å². The second-order valence-corrected chi connectivity index (χ2v) is 9.55. The second-order valence-electron chi connectivity index (χ2n) is 9.55. The summed E-state index contributed by atoms with van der Waals surface area (Å²) in [7, 11) is 0. The molecule has 2 aromatic carbocycles. The predicted molar refractivity (Wildman–Crippen MR) is 137 cm³/mol. The maximum absolute atomic E-state index is 13.0. The number of hydrogen-bond acceptors (Lipinski definition) is 5. The van der Waals surface area contributed by atoms with Crippen LogP contribution >= 0.6 is 0 Å². The van der Waals surface area contributed by atoms with E-state index in [1.165, 1.54) is 0 Å². The number of aryl methyl sites for hydroxylation is 1. The number of benzene rings is 2. The predicted octanol–water partition coefficient (Wildman–Crippen LogP) is 4.48. The first-order valence-corrected chi connectivity index (χ1v) is 12.2. The summed E-state index contributed by atoms with van der Waals surface area (Å²) in [6.45, 7) is 6.35. The zero-order valence-electron chi connectivity index (χ0n) is 21.0. The van der Waals surface area contributed by atoms with Gasteiger partial charge in [0.2, 0.25) is 5.91 Å². The fourth-order valence-electron chi connectivity index (χ4n) is 3.56. The molecule has 0 aliphatic rings. The van der Waals surface area contributed by atoms with E-state index in [9.17, 15) is 14.9 Å². The van der Waals surface area contributed by atoms with E-state index in [1.54, 1.807) is 0 Å². The molecule has 0 spiro atoms. The first-order valence-electron chi connectivity index (χ1n) is 12.2. The van der Waals surface area contributed by atoms with Crippen molar-refractivity contribution in [1.82, 2.24) is 16.0 Å². The SMILES string of the molecule is CC(C)(C)OC(=O)NCCCC[C@H](N[C@H](C#N)CCc1ccccc1)C(=O)NCc1ccccc1. The molecule has 2 aromatic rings. The third-order valence-electron chi connectivity index (χ3n) is 5.34. The average Bonchev–Trinajstić information content (AvgIpc) is 2.83. The first kappa shape index (κ1) is 27.9. The molecule has 0 fully saturated rings.